The van der Waals surface area contributed by atoms with Gasteiger partial charge in [-0.2, -0.15) is 18.3 Å². The molecule has 0 spiro atoms. The monoisotopic (exact) mass is 468 g/mol. The molecule has 1 heterocycles. The van der Waals surface area contributed by atoms with Gasteiger partial charge in [0.2, 0.25) is 0 Å². The van der Waals surface area contributed by atoms with Crippen molar-refractivity contribution in [3.8, 4) is 39.6 Å². The summed E-state index contributed by atoms with van der Waals surface area (Å²) >= 11 is 0. The van der Waals surface area contributed by atoms with E-state index in [1.807, 2.05) is 31.2 Å². The van der Waals surface area contributed by atoms with Crippen molar-refractivity contribution in [2.24, 2.45) is 7.05 Å². The van der Waals surface area contributed by atoms with E-state index < -0.39 is 11.9 Å². The number of phenols is 1. The summed E-state index contributed by atoms with van der Waals surface area (Å²) < 4.78 is 53.7. The Labute approximate surface area is 195 Å². The van der Waals surface area contributed by atoms with Crippen molar-refractivity contribution in [2.75, 3.05) is 7.11 Å². The largest absolute Gasteiger partial charge is 0.507 e. The molecule has 5 nitrogen and oxygen atoms in total. The van der Waals surface area contributed by atoms with Gasteiger partial charge in [-0.1, -0.05) is 42.0 Å². The quantitative estimate of drug-likeness (QED) is 0.357. The highest BCUT2D eigenvalue weighted by atomic mass is 19.4. The molecule has 0 amide bonds. The maximum atomic E-state index is 13.9. The summed E-state index contributed by atoms with van der Waals surface area (Å²) in [6.45, 7) is 2.28. The van der Waals surface area contributed by atoms with E-state index in [9.17, 15) is 18.3 Å². The molecule has 8 heteroatoms. The molecule has 4 rings (SSSR count). The topological polar surface area (TPSA) is 56.5 Å². The third-order valence-electron chi connectivity index (χ3n) is 5.42. The molecule has 0 saturated carbocycles. The molecular weight excluding hydrogens is 445 g/mol. The summed E-state index contributed by atoms with van der Waals surface area (Å²) in [5.74, 6) is 0.578. The van der Waals surface area contributed by atoms with Crippen LogP contribution >= 0.6 is 0 Å². The number of halogens is 3. The van der Waals surface area contributed by atoms with Gasteiger partial charge in [0.05, 0.1) is 12.8 Å². The smallest absolute Gasteiger partial charge is 0.435 e. The number of aromatic hydroxyl groups is 1. The summed E-state index contributed by atoms with van der Waals surface area (Å²) in [7, 11) is 2.85. The Morgan fingerprint density at radius 2 is 1.71 bits per heavy atom. The molecule has 0 aliphatic heterocycles. The molecule has 34 heavy (non-hydrogen) atoms. The van der Waals surface area contributed by atoms with Crippen LogP contribution in [0.15, 0.2) is 66.7 Å². The number of nitrogens with zero attached hydrogens (tertiary/aromatic N) is 2. The van der Waals surface area contributed by atoms with Crippen LogP contribution in [0.25, 0.3) is 22.4 Å². The summed E-state index contributed by atoms with van der Waals surface area (Å²) in [5.41, 5.74) is 1.50. The second kappa shape index (κ2) is 9.13. The first-order valence-electron chi connectivity index (χ1n) is 10.5. The number of rotatable bonds is 6. The number of phenolic OH excluding ortho intramolecular Hbond substituents is 1. The first-order chi connectivity index (χ1) is 16.2. The molecule has 1 N–H and O–H groups in total. The fraction of sp³-hybridized carbons (Fsp3) is 0.192. The molecular formula is C26H23F3N2O3. The molecule has 0 aliphatic rings. The molecule has 176 valence electrons. The molecule has 0 aliphatic carbocycles. The second-order valence-electron chi connectivity index (χ2n) is 7.88. The first kappa shape index (κ1) is 23.2. The van der Waals surface area contributed by atoms with E-state index in [0.717, 1.165) is 15.8 Å². The minimum Gasteiger partial charge on any atom is -0.507 e. The van der Waals surface area contributed by atoms with Crippen LogP contribution in [-0.2, 0) is 19.8 Å². The van der Waals surface area contributed by atoms with Gasteiger partial charge in [0, 0.05) is 24.2 Å². The zero-order valence-electron chi connectivity index (χ0n) is 18.8. The third-order valence-corrected chi connectivity index (χ3v) is 5.42. The maximum absolute atomic E-state index is 13.9. The predicted octanol–water partition coefficient (Wildman–Crippen LogP) is 6.37. The van der Waals surface area contributed by atoms with Gasteiger partial charge in [-0.05, 0) is 42.3 Å². The molecule has 0 radical (unpaired) electrons. The van der Waals surface area contributed by atoms with Crippen LogP contribution in [-0.4, -0.2) is 22.0 Å². The van der Waals surface area contributed by atoms with Gasteiger partial charge in [0.25, 0.3) is 0 Å². The van der Waals surface area contributed by atoms with E-state index >= 15 is 0 Å². The van der Waals surface area contributed by atoms with Crippen molar-refractivity contribution < 1.29 is 27.8 Å². The van der Waals surface area contributed by atoms with Crippen molar-refractivity contribution in [2.45, 2.75) is 19.7 Å². The summed E-state index contributed by atoms with van der Waals surface area (Å²) in [6, 6.07) is 18.7. The first-order valence-corrected chi connectivity index (χ1v) is 10.5. The average Bonchev–Trinajstić information content (AvgIpc) is 3.16. The van der Waals surface area contributed by atoms with E-state index in [1.54, 1.807) is 24.3 Å². The van der Waals surface area contributed by atoms with E-state index in [0.29, 0.717) is 11.5 Å². The van der Waals surface area contributed by atoms with Crippen LogP contribution in [0.2, 0.25) is 0 Å². The Kier molecular flexibility index (Phi) is 6.24. The number of alkyl halides is 3. The Morgan fingerprint density at radius 3 is 2.35 bits per heavy atom. The van der Waals surface area contributed by atoms with Crippen molar-refractivity contribution >= 4 is 0 Å². The van der Waals surface area contributed by atoms with Gasteiger partial charge in [0.15, 0.2) is 5.69 Å². The molecule has 0 saturated heterocycles. The number of hydrogen-bond acceptors (Lipinski definition) is 4. The van der Waals surface area contributed by atoms with Gasteiger partial charge < -0.3 is 14.6 Å². The highest BCUT2D eigenvalue weighted by Crippen LogP contribution is 2.45. The lowest BCUT2D eigenvalue weighted by molar-refractivity contribution is -0.140. The van der Waals surface area contributed by atoms with E-state index in [4.69, 9.17) is 9.47 Å². The highest BCUT2D eigenvalue weighted by molar-refractivity contribution is 5.86. The van der Waals surface area contributed by atoms with Gasteiger partial charge in [0.1, 0.15) is 23.9 Å². The third kappa shape index (κ3) is 4.71. The fourth-order valence-corrected chi connectivity index (χ4v) is 3.74. The summed E-state index contributed by atoms with van der Waals surface area (Å²) in [4.78, 5) is 0. The van der Waals surface area contributed by atoms with Crippen molar-refractivity contribution in [3.63, 3.8) is 0 Å². The Balaban J connectivity index is 1.75. The van der Waals surface area contributed by atoms with E-state index in [2.05, 4.69) is 5.10 Å². The average molecular weight is 468 g/mol. The predicted molar refractivity (Wildman–Crippen MR) is 123 cm³/mol. The SMILES string of the molecule is COc1cccc(-c2c(C(F)(F)F)nn(C)c2-c2ccc(OCc3ccc(C)cc3)cc2O)c1. The Bertz CT molecular complexity index is 1310. The van der Waals surface area contributed by atoms with Crippen molar-refractivity contribution in [1.29, 1.82) is 0 Å². The number of aromatic nitrogens is 2. The molecule has 0 unspecified atom stereocenters. The van der Waals surface area contributed by atoms with Gasteiger partial charge >= 0.3 is 6.18 Å². The minimum absolute atomic E-state index is 0.128. The summed E-state index contributed by atoms with van der Waals surface area (Å²) in [5, 5.41) is 14.5. The molecule has 0 fully saturated rings. The molecule has 4 aromatic rings. The second-order valence-corrected chi connectivity index (χ2v) is 7.88. The van der Waals surface area contributed by atoms with Crippen LogP contribution in [0, 0.1) is 6.92 Å². The van der Waals surface area contributed by atoms with E-state index in [-0.39, 0.29) is 34.7 Å². The van der Waals surface area contributed by atoms with Crippen LogP contribution in [0.5, 0.6) is 17.2 Å². The fourth-order valence-electron chi connectivity index (χ4n) is 3.74. The summed E-state index contributed by atoms with van der Waals surface area (Å²) in [6.07, 6.45) is -4.69. The number of methoxy groups -OCH3 is 1. The van der Waals surface area contributed by atoms with Crippen molar-refractivity contribution in [1.82, 2.24) is 9.78 Å². The Morgan fingerprint density at radius 1 is 0.971 bits per heavy atom. The maximum Gasteiger partial charge on any atom is 0.435 e. The van der Waals surface area contributed by atoms with Crippen molar-refractivity contribution in [3.05, 3.63) is 83.6 Å². The zero-order valence-corrected chi connectivity index (χ0v) is 18.8. The van der Waals surface area contributed by atoms with Crippen LogP contribution < -0.4 is 9.47 Å². The van der Waals surface area contributed by atoms with Gasteiger partial charge in [-0.25, -0.2) is 0 Å². The lowest BCUT2D eigenvalue weighted by Gasteiger charge is -2.13. The van der Waals surface area contributed by atoms with Crippen LogP contribution in [0.1, 0.15) is 16.8 Å². The van der Waals surface area contributed by atoms with Gasteiger partial charge in [-0.3, -0.25) is 4.68 Å². The lowest BCUT2D eigenvalue weighted by Crippen LogP contribution is -2.08. The molecule has 0 bridgehead atoms. The highest BCUT2D eigenvalue weighted by Gasteiger charge is 2.40. The molecule has 0 atom stereocenters. The number of hydrogen-bond donors (Lipinski definition) is 1. The molecule has 3 aromatic carbocycles. The normalized spacial score (nSPS) is 11.5. The number of benzene rings is 3. The molecule has 1 aromatic heterocycles. The zero-order chi connectivity index (χ0) is 24.5. The standard InChI is InChI=1S/C26H23F3N2O3/c1-16-7-9-17(10-8-16)15-34-20-11-12-21(22(32)14-20)24-23(18-5-4-6-19(13-18)33-3)25(26(27,28)29)30-31(24)2/h4-14,32H,15H2,1-3H3. The van der Waals surface area contributed by atoms with Crippen LogP contribution in [0.4, 0.5) is 13.2 Å². The number of ether oxygens (including phenoxy) is 2. The van der Waals surface area contributed by atoms with E-state index in [1.165, 1.54) is 32.4 Å². The lowest BCUT2D eigenvalue weighted by atomic mass is 9.97. The van der Waals surface area contributed by atoms with Crippen LogP contribution in [0.3, 0.4) is 0 Å². The minimum atomic E-state index is -4.69. The Hall–Kier alpha value is -3.94. The number of aryl methyl sites for hydroxylation is 2. The van der Waals surface area contributed by atoms with Gasteiger partial charge in [-0.15, -0.1) is 0 Å².